The van der Waals surface area contributed by atoms with Crippen molar-refractivity contribution < 1.29 is 17.6 Å². The Morgan fingerprint density at radius 2 is 1.95 bits per heavy atom. The highest BCUT2D eigenvalue weighted by molar-refractivity contribution is 5.49. The van der Waals surface area contributed by atoms with Gasteiger partial charge in [-0.2, -0.15) is 13.2 Å². The second kappa shape index (κ2) is 5.60. The first kappa shape index (κ1) is 15.1. The smallest absolute Gasteiger partial charge is 0.416 e. The van der Waals surface area contributed by atoms with Gasteiger partial charge in [-0.05, 0) is 26.0 Å². The van der Waals surface area contributed by atoms with E-state index in [1.165, 1.54) is 6.20 Å². The van der Waals surface area contributed by atoms with Crippen LogP contribution in [0.4, 0.5) is 24.8 Å². The lowest BCUT2D eigenvalue weighted by Crippen LogP contribution is -2.15. The third kappa shape index (κ3) is 3.63. The summed E-state index contributed by atoms with van der Waals surface area (Å²) < 4.78 is 43.7. The highest BCUT2D eigenvalue weighted by atomic mass is 19.4. The van der Waals surface area contributed by atoms with Crippen molar-refractivity contribution >= 4 is 11.6 Å². The molecule has 114 valence electrons. The van der Waals surface area contributed by atoms with E-state index >= 15 is 0 Å². The number of nitrogens with one attached hydrogen (secondary N) is 2. The molecule has 2 rings (SSSR count). The van der Waals surface area contributed by atoms with Crippen molar-refractivity contribution in [1.82, 2.24) is 9.97 Å². The lowest BCUT2D eigenvalue weighted by molar-refractivity contribution is -0.137. The number of alkyl halides is 3. The summed E-state index contributed by atoms with van der Waals surface area (Å²) in [7, 11) is 0. The summed E-state index contributed by atoms with van der Waals surface area (Å²) in [5, 5.41) is 2.80. The fraction of sp³-hybridized carbons (Fsp3) is 0.333. The van der Waals surface area contributed by atoms with Crippen molar-refractivity contribution in [1.29, 1.82) is 0 Å². The van der Waals surface area contributed by atoms with Crippen LogP contribution < -0.4 is 16.6 Å². The molecule has 0 amide bonds. The Bertz CT molecular complexity index is 626. The molecule has 2 heterocycles. The molecule has 0 aliphatic heterocycles. The molecule has 4 N–H and O–H groups in total. The summed E-state index contributed by atoms with van der Waals surface area (Å²) in [6.07, 6.45) is -2.96. The molecule has 1 unspecified atom stereocenters. The molecular formula is C12H14F3N5O. The van der Waals surface area contributed by atoms with Crippen molar-refractivity contribution in [3.05, 3.63) is 35.5 Å². The molecule has 0 spiro atoms. The third-order valence-electron chi connectivity index (χ3n) is 2.67. The Kier molecular flexibility index (Phi) is 4.03. The summed E-state index contributed by atoms with van der Waals surface area (Å²) >= 11 is 0. The molecule has 0 saturated carbocycles. The number of hydrazine groups is 1. The summed E-state index contributed by atoms with van der Waals surface area (Å²) in [4.78, 5) is 7.93. The number of pyridine rings is 1. The van der Waals surface area contributed by atoms with E-state index in [0.29, 0.717) is 11.7 Å². The first-order chi connectivity index (χ1) is 9.79. The molecule has 9 heteroatoms. The third-order valence-corrected chi connectivity index (χ3v) is 2.67. The van der Waals surface area contributed by atoms with Crippen LogP contribution >= 0.6 is 0 Å². The van der Waals surface area contributed by atoms with Crippen LogP contribution in [0, 0.1) is 6.92 Å². The van der Waals surface area contributed by atoms with E-state index < -0.39 is 17.8 Å². The van der Waals surface area contributed by atoms with Crippen molar-refractivity contribution in [2.24, 2.45) is 5.84 Å². The van der Waals surface area contributed by atoms with Crippen LogP contribution in [0.25, 0.3) is 0 Å². The van der Waals surface area contributed by atoms with Gasteiger partial charge in [-0.25, -0.2) is 15.8 Å². The van der Waals surface area contributed by atoms with Gasteiger partial charge in [-0.15, -0.1) is 0 Å². The number of nitrogen functional groups attached to an aromatic ring is 1. The Morgan fingerprint density at radius 1 is 1.29 bits per heavy atom. The maximum absolute atomic E-state index is 12.8. The summed E-state index contributed by atoms with van der Waals surface area (Å²) in [6, 6.07) is 1.28. The van der Waals surface area contributed by atoms with Gasteiger partial charge >= 0.3 is 6.18 Å². The molecule has 0 aromatic carbocycles. The minimum atomic E-state index is -4.49. The van der Waals surface area contributed by atoms with Crippen molar-refractivity contribution in [3.63, 3.8) is 0 Å². The summed E-state index contributed by atoms with van der Waals surface area (Å²) in [6.45, 7) is 3.42. The van der Waals surface area contributed by atoms with Gasteiger partial charge in [0.1, 0.15) is 23.4 Å². The Hall–Kier alpha value is -2.29. The van der Waals surface area contributed by atoms with Crippen LogP contribution in [0.1, 0.15) is 30.2 Å². The topological polar surface area (TPSA) is 89.0 Å². The van der Waals surface area contributed by atoms with Crippen LogP contribution in [0.15, 0.2) is 22.7 Å². The fourth-order valence-corrected chi connectivity index (χ4v) is 1.70. The number of anilines is 2. The van der Waals surface area contributed by atoms with Crippen LogP contribution in [-0.2, 0) is 6.18 Å². The number of nitrogens with two attached hydrogens (primary N) is 1. The number of rotatable bonds is 4. The minimum Gasteiger partial charge on any atom is -0.444 e. The van der Waals surface area contributed by atoms with E-state index in [-0.39, 0.29) is 11.6 Å². The Balaban J connectivity index is 2.27. The number of aromatic nitrogens is 2. The molecule has 0 radical (unpaired) electrons. The number of nitrogens with zero attached hydrogens (tertiary/aromatic N) is 2. The normalized spacial score (nSPS) is 13.0. The summed E-state index contributed by atoms with van der Waals surface area (Å²) in [5.41, 5.74) is 1.25. The quantitative estimate of drug-likeness (QED) is 0.594. The molecule has 2 aromatic heterocycles. The minimum absolute atomic E-state index is 0.0149. The molecule has 2 aromatic rings. The predicted octanol–water partition coefficient (Wildman–Crippen LogP) is 2.86. The molecule has 0 aliphatic carbocycles. The molecule has 21 heavy (non-hydrogen) atoms. The Labute approximate surface area is 118 Å². The number of hydrogen-bond acceptors (Lipinski definition) is 6. The predicted molar refractivity (Wildman–Crippen MR) is 70.3 cm³/mol. The van der Waals surface area contributed by atoms with Gasteiger partial charge in [0.15, 0.2) is 0 Å². The van der Waals surface area contributed by atoms with Crippen LogP contribution in [0.2, 0.25) is 0 Å². The standard InChI is InChI=1S/C12H14F3N5O/c1-6-5-17-11(21-6)7(2)18-9-3-8(12(13,14)15)4-10(19-9)20-16/h3-5,7H,16H2,1-2H3,(H2,18,19,20). The van der Waals surface area contributed by atoms with Gasteiger partial charge in [0, 0.05) is 0 Å². The van der Waals surface area contributed by atoms with E-state index in [1.54, 1.807) is 13.8 Å². The number of aryl methyl sites for hydroxylation is 1. The van der Waals surface area contributed by atoms with E-state index in [0.717, 1.165) is 12.1 Å². The van der Waals surface area contributed by atoms with Crippen LogP contribution in [0.5, 0.6) is 0 Å². The average molecular weight is 301 g/mol. The lowest BCUT2D eigenvalue weighted by atomic mass is 10.2. The number of oxazole rings is 1. The van der Waals surface area contributed by atoms with Gasteiger partial charge in [0.2, 0.25) is 5.89 Å². The molecule has 1 atom stereocenters. The van der Waals surface area contributed by atoms with Crippen molar-refractivity contribution in [2.45, 2.75) is 26.1 Å². The van der Waals surface area contributed by atoms with Crippen LogP contribution in [0.3, 0.4) is 0 Å². The second-order valence-electron chi connectivity index (χ2n) is 4.44. The fourth-order valence-electron chi connectivity index (χ4n) is 1.70. The zero-order valence-electron chi connectivity index (χ0n) is 11.3. The maximum Gasteiger partial charge on any atom is 0.416 e. The molecule has 0 bridgehead atoms. The average Bonchev–Trinajstić information content (AvgIpc) is 2.84. The lowest BCUT2D eigenvalue weighted by Gasteiger charge is -2.15. The van der Waals surface area contributed by atoms with E-state index in [1.807, 2.05) is 0 Å². The van der Waals surface area contributed by atoms with Crippen LogP contribution in [-0.4, -0.2) is 9.97 Å². The molecule has 0 saturated heterocycles. The zero-order chi connectivity index (χ0) is 15.6. The van der Waals surface area contributed by atoms with Crippen molar-refractivity contribution in [2.75, 3.05) is 10.7 Å². The molecule has 0 aliphatic rings. The monoisotopic (exact) mass is 301 g/mol. The highest BCUT2D eigenvalue weighted by Gasteiger charge is 2.31. The van der Waals surface area contributed by atoms with Gasteiger partial charge in [0.05, 0.1) is 11.8 Å². The number of hydrogen-bond donors (Lipinski definition) is 3. The van der Waals surface area contributed by atoms with E-state index in [2.05, 4.69) is 20.7 Å². The maximum atomic E-state index is 12.8. The van der Waals surface area contributed by atoms with Crippen molar-refractivity contribution in [3.8, 4) is 0 Å². The second-order valence-corrected chi connectivity index (χ2v) is 4.44. The van der Waals surface area contributed by atoms with Gasteiger partial charge in [0.25, 0.3) is 0 Å². The molecular weight excluding hydrogens is 287 g/mol. The zero-order valence-corrected chi connectivity index (χ0v) is 11.3. The van der Waals surface area contributed by atoms with Gasteiger partial charge in [-0.3, -0.25) is 0 Å². The van der Waals surface area contributed by atoms with E-state index in [9.17, 15) is 13.2 Å². The van der Waals surface area contributed by atoms with Gasteiger partial charge in [-0.1, -0.05) is 0 Å². The Morgan fingerprint density at radius 3 is 2.48 bits per heavy atom. The SMILES string of the molecule is Cc1cnc(C(C)Nc2cc(C(F)(F)F)cc(NN)n2)o1. The summed E-state index contributed by atoms with van der Waals surface area (Å²) in [5.74, 6) is 6.02. The highest BCUT2D eigenvalue weighted by Crippen LogP contribution is 2.32. The van der Waals surface area contributed by atoms with Gasteiger partial charge < -0.3 is 15.2 Å². The first-order valence-corrected chi connectivity index (χ1v) is 6.04. The molecule has 6 nitrogen and oxygen atoms in total. The largest absolute Gasteiger partial charge is 0.444 e. The van der Waals surface area contributed by atoms with E-state index in [4.69, 9.17) is 10.3 Å². The first-order valence-electron chi connectivity index (χ1n) is 6.04. The number of halogens is 3. The molecule has 0 fully saturated rings.